The van der Waals surface area contributed by atoms with Crippen molar-refractivity contribution in [3.8, 4) is 0 Å². The quantitative estimate of drug-likeness (QED) is 0.245. The number of amides is 1. The van der Waals surface area contributed by atoms with E-state index in [1.807, 2.05) is 6.20 Å². The summed E-state index contributed by atoms with van der Waals surface area (Å²) in [6.07, 6.45) is 5.21. The maximum Gasteiger partial charge on any atom is 0.261 e. The van der Waals surface area contributed by atoms with E-state index >= 15 is 0 Å². The van der Waals surface area contributed by atoms with E-state index in [-0.39, 0.29) is 17.0 Å². The summed E-state index contributed by atoms with van der Waals surface area (Å²) in [5.74, 6) is -0.0540. The summed E-state index contributed by atoms with van der Waals surface area (Å²) in [6, 6.07) is 14.9. The lowest BCUT2D eigenvalue weighted by atomic mass is 10.0. The SMILES string of the molecule is O=C(NC1CCN(Cc2ccc3cc[nH]c3c2)CC1)c1cc2c(Nc3ccc(F)c(Cl)c3)ncnc2s1. The summed E-state index contributed by atoms with van der Waals surface area (Å²) in [6.45, 7) is 2.76. The maximum absolute atomic E-state index is 13.5. The zero-order valence-electron chi connectivity index (χ0n) is 19.8. The largest absolute Gasteiger partial charge is 0.361 e. The topological polar surface area (TPSA) is 85.9 Å². The number of H-pyrrole nitrogens is 1. The van der Waals surface area contributed by atoms with Crippen molar-refractivity contribution in [1.29, 1.82) is 0 Å². The minimum absolute atomic E-state index is 0.0216. The molecule has 10 heteroatoms. The Morgan fingerprint density at radius 1 is 1.14 bits per heavy atom. The monoisotopic (exact) mass is 534 g/mol. The maximum atomic E-state index is 13.5. The summed E-state index contributed by atoms with van der Waals surface area (Å²) in [5.41, 5.74) is 3.05. The van der Waals surface area contributed by atoms with Crippen LogP contribution in [0.5, 0.6) is 0 Å². The van der Waals surface area contributed by atoms with Crippen LogP contribution in [-0.4, -0.2) is 44.9 Å². The van der Waals surface area contributed by atoms with Crippen molar-refractivity contribution < 1.29 is 9.18 Å². The molecule has 188 valence electrons. The average Bonchev–Trinajstić information content (AvgIpc) is 3.55. The van der Waals surface area contributed by atoms with Gasteiger partial charge in [0.15, 0.2) is 0 Å². The standard InChI is InChI=1S/C27H24ClFN6OS/c28-21-12-19(3-4-22(21)29)33-25-20-13-24(37-27(20)32-15-31-25)26(36)34-18-6-9-35(10-7-18)14-16-1-2-17-5-8-30-23(17)11-16/h1-5,8,11-13,15,18,30H,6-7,9-10,14H2,(H,34,36)(H,31,32,33). The zero-order valence-corrected chi connectivity index (χ0v) is 21.4. The van der Waals surface area contributed by atoms with Crippen LogP contribution < -0.4 is 10.6 Å². The van der Waals surface area contributed by atoms with Gasteiger partial charge in [-0.3, -0.25) is 9.69 Å². The second kappa shape index (κ2) is 10.1. The van der Waals surface area contributed by atoms with Gasteiger partial charge in [-0.2, -0.15) is 0 Å². The normalized spacial score (nSPS) is 14.9. The molecule has 37 heavy (non-hydrogen) atoms. The minimum atomic E-state index is -0.488. The Morgan fingerprint density at radius 3 is 2.84 bits per heavy atom. The number of nitrogens with zero attached hydrogens (tertiary/aromatic N) is 3. The van der Waals surface area contributed by atoms with Gasteiger partial charge in [-0.25, -0.2) is 14.4 Å². The van der Waals surface area contributed by atoms with Gasteiger partial charge in [-0.1, -0.05) is 23.7 Å². The number of rotatable bonds is 6. The lowest BCUT2D eigenvalue weighted by Crippen LogP contribution is -2.44. The highest BCUT2D eigenvalue weighted by Gasteiger charge is 2.23. The molecule has 3 N–H and O–H groups in total. The van der Waals surface area contributed by atoms with Crippen molar-refractivity contribution in [2.75, 3.05) is 18.4 Å². The molecule has 0 aliphatic carbocycles. The van der Waals surface area contributed by atoms with Crippen molar-refractivity contribution >= 4 is 61.5 Å². The van der Waals surface area contributed by atoms with Gasteiger partial charge in [0.2, 0.25) is 0 Å². The molecule has 1 aliphatic rings. The van der Waals surface area contributed by atoms with E-state index in [2.05, 4.69) is 54.8 Å². The van der Waals surface area contributed by atoms with Crippen LogP contribution in [0.4, 0.5) is 15.9 Å². The first kappa shape index (κ1) is 23.8. The third-order valence-electron chi connectivity index (χ3n) is 6.68. The number of thiophene rings is 1. The van der Waals surface area contributed by atoms with Crippen molar-refractivity contribution in [3.05, 3.63) is 82.3 Å². The average molecular weight is 535 g/mol. The third-order valence-corrected chi connectivity index (χ3v) is 8.02. The molecule has 3 aromatic heterocycles. The van der Waals surface area contributed by atoms with Crippen molar-refractivity contribution in [2.45, 2.75) is 25.4 Å². The Hall–Kier alpha value is -3.53. The molecule has 0 atom stereocenters. The molecule has 0 unspecified atom stereocenters. The lowest BCUT2D eigenvalue weighted by molar-refractivity contribution is 0.0913. The highest BCUT2D eigenvalue weighted by atomic mass is 35.5. The van der Waals surface area contributed by atoms with Crippen LogP contribution in [0.3, 0.4) is 0 Å². The fourth-order valence-electron chi connectivity index (χ4n) is 4.72. The molecule has 5 aromatic rings. The number of hydrogen-bond donors (Lipinski definition) is 3. The highest BCUT2D eigenvalue weighted by Crippen LogP contribution is 2.31. The fourth-order valence-corrected chi connectivity index (χ4v) is 5.80. The van der Waals surface area contributed by atoms with E-state index in [0.717, 1.165) is 43.4 Å². The highest BCUT2D eigenvalue weighted by molar-refractivity contribution is 7.20. The van der Waals surface area contributed by atoms with E-state index in [0.29, 0.717) is 21.2 Å². The zero-order chi connectivity index (χ0) is 25.4. The molecule has 0 radical (unpaired) electrons. The predicted molar refractivity (Wildman–Crippen MR) is 146 cm³/mol. The number of hydrogen-bond acceptors (Lipinski definition) is 6. The van der Waals surface area contributed by atoms with Gasteiger partial charge in [0.05, 0.1) is 15.3 Å². The Labute approximate surface area is 221 Å². The van der Waals surface area contributed by atoms with Gasteiger partial charge in [0, 0.05) is 43.1 Å². The number of piperidine rings is 1. The fraction of sp³-hybridized carbons (Fsp3) is 0.222. The van der Waals surface area contributed by atoms with Crippen LogP contribution in [0.2, 0.25) is 5.02 Å². The number of likely N-dealkylation sites (tertiary alicyclic amines) is 1. The van der Waals surface area contributed by atoms with Crippen LogP contribution >= 0.6 is 22.9 Å². The van der Waals surface area contributed by atoms with Crippen molar-refractivity contribution in [2.24, 2.45) is 0 Å². The molecular weight excluding hydrogens is 511 g/mol. The first-order chi connectivity index (χ1) is 18.0. The summed E-state index contributed by atoms with van der Waals surface area (Å²) >= 11 is 7.23. The predicted octanol–water partition coefficient (Wildman–Crippen LogP) is 6.10. The van der Waals surface area contributed by atoms with Crippen molar-refractivity contribution in [1.82, 2.24) is 25.2 Å². The molecule has 1 amide bonds. The summed E-state index contributed by atoms with van der Waals surface area (Å²) in [5, 5.41) is 8.32. The minimum Gasteiger partial charge on any atom is -0.361 e. The van der Waals surface area contributed by atoms with E-state index in [1.165, 1.54) is 40.7 Å². The van der Waals surface area contributed by atoms with E-state index in [9.17, 15) is 9.18 Å². The van der Waals surface area contributed by atoms with Crippen molar-refractivity contribution in [3.63, 3.8) is 0 Å². The Bertz CT molecular complexity index is 1590. The molecule has 0 saturated carbocycles. The molecule has 4 heterocycles. The molecule has 6 rings (SSSR count). The number of aromatic nitrogens is 3. The van der Waals surface area contributed by atoms with E-state index < -0.39 is 5.82 Å². The second-order valence-corrected chi connectivity index (χ2v) is 10.7. The first-order valence-corrected chi connectivity index (χ1v) is 13.3. The van der Waals surface area contributed by atoms with Gasteiger partial charge in [0.25, 0.3) is 5.91 Å². The van der Waals surface area contributed by atoms with Gasteiger partial charge >= 0.3 is 0 Å². The third kappa shape index (κ3) is 5.16. The van der Waals surface area contributed by atoms with Crippen LogP contribution in [0, 0.1) is 5.82 Å². The number of nitrogens with one attached hydrogen (secondary N) is 3. The van der Waals surface area contributed by atoms with Gasteiger partial charge in [0.1, 0.15) is 22.8 Å². The summed E-state index contributed by atoms with van der Waals surface area (Å²) < 4.78 is 13.5. The van der Waals surface area contributed by atoms with Crippen LogP contribution in [0.25, 0.3) is 21.1 Å². The lowest BCUT2D eigenvalue weighted by Gasteiger charge is -2.32. The Kier molecular flexibility index (Phi) is 6.50. The number of carbonyl (C=O) groups excluding carboxylic acids is 1. The van der Waals surface area contributed by atoms with Crippen LogP contribution in [0.1, 0.15) is 28.1 Å². The molecule has 1 saturated heterocycles. The Balaban J connectivity index is 1.08. The molecule has 0 spiro atoms. The first-order valence-electron chi connectivity index (χ1n) is 12.1. The molecule has 0 bridgehead atoms. The molecule has 2 aromatic carbocycles. The molecule has 7 nitrogen and oxygen atoms in total. The smallest absolute Gasteiger partial charge is 0.261 e. The number of aromatic amines is 1. The second-order valence-electron chi connectivity index (χ2n) is 9.23. The van der Waals surface area contributed by atoms with E-state index in [4.69, 9.17) is 11.6 Å². The Morgan fingerprint density at radius 2 is 2.00 bits per heavy atom. The number of fused-ring (bicyclic) bond motifs is 2. The summed E-state index contributed by atoms with van der Waals surface area (Å²) in [4.78, 5) is 28.7. The van der Waals surface area contributed by atoms with Gasteiger partial charge in [-0.05, 0) is 60.2 Å². The molecular formula is C27H24ClFN6OS. The molecule has 1 aliphatic heterocycles. The number of benzene rings is 2. The number of anilines is 2. The molecule has 1 fully saturated rings. The number of halogens is 2. The van der Waals surface area contributed by atoms with Crippen LogP contribution in [0.15, 0.2) is 61.1 Å². The van der Waals surface area contributed by atoms with Crippen LogP contribution in [-0.2, 0) is 6.54 Å². The van der Waals surface area contributed by atoms with E-state index in [1.54, 1.807) is 12.1 Å². The summed E-state index contributed by atoms with van der Waals surface area (Å²) in [7, 11) is 0. The number of carbonyl (C=O) groups is 1. The van der Waals surface area contributed by atoms with Gasteiger partial charge in [-0.15, -0.1) is 11.3 Å². The van der Waals surface area contributed by atoms with Gasteiger partial charge < -0.3 is 15.6 Å².